The van der Waals surface area contributed by atoms with Gasteiger partial charge in [-0.3, -0.25) is 4.90 Å². The fourth-order valence-corrected chi connectivity index (χ4v) is 2.37. The second kappa shape index (κ2) is 4.98. The minimum absolute atomic E-state index is 0.556. The third-order valence-electron chi connectivity index (χ3n) is 3.68. The molecule has 1 heteroatoms. The molecule has 86 valence electrons. The highest BCUT2D eigenvalue weighted by molar-refractivity contribution is 5.13. The Kier molecular flexibility index (Phi) is 4.15. The van der Waals surface area contributed by atoms with Gasteiger partial charge in [-0.25, -0.2) is 0 Å². The molecule has 1 saturated heterocycles. The number of allylic oxidation sites excluding steroid dienone is 1. The lowest BCUT2D eigenvalue weighted by molar-refractivity contribution is 0.407. The summed E-state index contributed by atoms with van der Waals surface area (Å²) in [7, 11) is 0. The van der Waals surface area contributed by atoms with Crippen LogP contribution in [0.1, 0.15) is 47.0 Å². The summed E-state index contributed by atoms with van der Waals surface area (Å²) in [6, 6.07) is 2.06. The van der Waals surface area contributed by atoms with E-state index in [9.17, 15) is 0 Å². The largest absolute Gasteiger partial charge is 0.288 e. The molecule has 0 bridgehead atoms. The number of rotatable bonds is 6. The summed E-state index contributed by atoms with van der Waals surface area (Å²) in [5, 5.41) is 0. The Morgan fingerprint density at radius 1 is 1.40 bits per heavy atom. The predicted octanol–water partition coefficient (Wildman–Crippen LogP) is 3.77. The Balaban J connectivity index is 2.40. The summed E-state index contributed by atoms with van der Waals surface area (Å²) in [5.74, 6) is 0. The molecule has 1 aliphatic rings. The molecule has 4 unspecified atom stereocenters. The van der Waals surface area contributed by atoms with Crippen LogP contribution < -0.4 is 0 Å². The lowest BCUT2D eigenvalue weighted by Crippen LogP contribution is -2.19. The van der Waals surface area contributed by atoms with Crippen molar-refractivity contribution >= 4 is 0 Å². The zero-order valence-electron chi connectivity index (χ0n) is 10.7. The summed E-state index contributed by atoms with van der Waals surface area (Å²) < 4.78 is 0. The number of hydrogen-bond acceptors (Lipinski definition) is 1. The summed E-state index contributed by atoms with van der Waals surface area (Å²) >= 11 is 0. The molecule has 0 aromatic carbocycles. The number of hydrogen-bond donors (Lipinski definition) is 0. The van der Waals surface area contributed by atoms with E-state index in [0.29, 0.717) is 6.04 Å². The van der Waals surface area contributed by atoms with Crippen molar-refractivity contribution < 1.29 is 0 Å². The van der Waals surface area contributed by atoms with E-state index in [-0.39, 0.29) is 0 Å². The minimum Gasteiger partial charge on any atom is -0.288 e. The van der Waals surface area contributed by atoms with Crippen molar-refractivity contribution in [3.05, 3.63) is 24.3 Å². The zero-order valence-corrected chi connectivity index (χ0v) is 10.7. The Labute approximate surface area is 94.9 Å². The molecule has 1 aliphatic heterocycles. The van der Waals surface area contributed by atoms with E-state index in [2.05, 4.69) is 45.8 Å². The molecular weight excluding hydrogens is 182 g/mol. The van der Waals surface area contributed by atoms with Gasteiger partial charge >= 0.3 is 0 Å². The molecule has 4 atom stereocenters. The van der Waals surface area contributed by atoms with Crippen molar-refractivity contribution in [2.75, 3.05) is 0 Å². The first kappa shape index (κ1) is 12.5. The summed E-state index contributed by atoms with van der Waals surface area (Å²) in [6.45, 7) is 17.0. The normalized spacial score (nSPS) is 31.1. The topological polar surface area (TPSA) is 3.01 Å². The van der Waals surface area contributed by atoms with Crippen LogP contribution in [0.4, 0.5) is 0 Å². The van der Waals surface area contributed by atoms with Gasteiger partial charge in [0.1, 0.15) is 0 Å². The molecule has 1 nitrogen and oxygen atoms in total. The monoisotopic (exact) mass is 207 g/mol. The van der Waals surface area contributed by atoms with Crippen molar-refractivity contribution in [3.63, 3.8) is 0 Å². The van der Waals surface area contributed by atoms with Gasteiger partial charge in [-0.15, -0.1) is 6.58 Å². The lowest BCUT2D eigenvalue weighted by Gasteiger charge is -2.16. The minimum atomic E-state index is 0.556. The van der Waals surface area contributed by atoms with Crippen molar-refractivity contribution in [1.82, 2.24) is 4.90 Å². The van der Waals surface area contributed by atoms with Gasteiger partial charge in [-0.05, 0) is 40.0 Å². The smallest absolute Gasteiger partial charge is 0.0283 e. The van der Waals surface area contributed by atoms with Crippen molar-refractivity contribution in [1.29, 1.82) is 0 Å². The van der Waals surface area contributed by atoms with Crippen LogP contribution >= 0.6 is 0 Å². The summed E-state index contributed by atoms with van der Waals surface area (Å²) in [4.78, 5) is 2.58. The molecule has 15 heavy (non-hydrogen) atoms. The first-order valence-corrected chi connectivity index (χ1v) is 6.08. The molecule has 0 amide bonds. The van der Waals surface area contributed by atoms with Crippen LogP contribution in [0.2, 0.25) is 0 Å². The summed E-state index contributed by atoms with van der Waals surface area (Å²) in [6.07, 6.45) is 3.52. The zero-order chi connectivity index (χ0) is 11.6. The molecule has 0 radical (unpaired) electrons. The van der Waals surface area contributed by atoms with Gasteiger partial charge in [0.2, 0.25) is 0 Å². The molecule has 1 fully saturated rings. The van der Waals surface area contributed by atoms with Crippen LogP contribution in [0.3, 0.4) is 0 Å². The van der Waals surface area contributed by atoms with Gasteiger partial charge in [-0.1, -0.05) is 24.6 Å². The molecule has 0 N–H and O–H groups in total. The van der Waals surface area contributed by atoms with E-state index in [4.69, 9.17) is 0 Å². The van der Waals surface area contributed by atoms with Gasteiger partial charge in [0, 0.05) is 18.1 Å². The van der Waals surface area contributed by atoms with Crippen LogP contribution in [-0.2, 0) is 0 Å². The molecule has 0 aromatic rings. The predicted molar refractivity (Wildman–Crippen MR) is 68.0 cm³/mol. The van der Waals surface area contributed by atoms with E-state index >= 15 is 0 Å². The fourth-order valence-electron chi connectivity index (χ4n) is 2.37. The lowest BCUT2D eigenvalue weighted by atomic mass is 10.1. The van der Waals surface area contributed by atoms with Gasteiger partial charge < -0.3 is 0 Å². The summed E-state index contributed by atoms with van der Waals surface area (Å²) in [5.41, 5.74) is 2.66. The number of nitrogens with zero attached hydrogens (tertiary/aromatic N) is 1. The first-order chi connectivity index (χ1) is 6.99. The van der Waals surface area contributed by atoms with Crippen molar-refractivity contribution in [2.45, 2.75) is 65.1 Å². The Hall–Kier alpha value is -0.560. The maximum absolute atomic E-state index is 4.14. The maximum atomic E-state index is 4.14. The Morgan fingerprint density at radius 3 is 2.47 bits per heavy atom. The van der Waals surface area contributed by atoms with E-state index in [1.165, 1.54) is 17.6 Å². The van der Waals surface area contributed by atoms with Crippen LogP contribution in [0, 0.1) is 0 Å². The third-order valence-corrected chi connectivity index (χ3v) is 3.68. The van der Waals surface area contributed by atoms with Gasteiger partial charge in [-0.2, -0.15) is 0 Å². The van der Waals surface area contributed by atoms with Crippen LogP contribution in [-0.4, -0.2) is 23.0 Å². The molecule has 0 saturated carbocycles. The second-order valence-electron chi connectivity index (χ2n) is 4.94. The van der Waals surface area contributed by atoms with Crippen LogP contribution in [0.25, 0.3) is 0 Å². The molecule has 1 heterocycles. The molecular formula is C14H25N. The first-order valence-electron chi connectivity index (χ1n) is 6.08. The maximum Gasteiger partial charge on any atom is 0.0283 e. The standard InChI is InChI=1S/C14H25N/c1-7-11(4)12(5)15-13(6)14(15)9-8-10(2)3/h12-14H,2,4,7-9H2,1,3,5-6H3. The van der Waals surface area contributed by atoms with E-state index in [1.807, 2.05) is 0 Å². The SMILES string of the molecule is C=C(C)CCC1C(C)N1C(C)C(=C)CC. The van der Waals surface area contributed by atoms with Gasteiger partial charge in [0.25, 0.3) is 0 Å². The van der Waals surface area contributed by atoms with Gasteiger partial charge in [0.15, 0.2) is 0 Å². The Morgan fingerprint density at radius 2 is 2.00 bits per heavy atom. The highest BCUT2D eigenvalue weighted by atomic mass is 15.4. The average Bonchev–Trinajstić information content (AvgIpc) is 2.83. The molecule has 0 aliphatic carbocycles. The fraction of sp³-hybridized carbons (Fsp3) is 0.714. The molecule has 1 rings (SSSR count). The average molecular weight is 207 g/mol. The van der Waals surface area contributed by atoms with Crippen molar-refractivity contribution in [3.8, 4) is 0 Å². The van der Waals surface area contributed by atoms with E-state index in [0.717, 1.165) is 24.9 Å². The third kappa shape index (κ3) is 2.94. The highest BCUT2D eigenvalue weighted by Crippen LogP contribution is 2.37. The van der Waals surface area contributed by atoms with Gasteiger partial charge in [0.05, 0.1) is 0 Å². The molecule has 0 spiro atoms. The quantitative estimate of drug-likeness (QED) is 0.473. The van der Waals surface area contributed by atoms with Crippen molar-refractivity contribution in [2.24, 2.45) is 0 Å². The highest BCUT2D eigenvalue weighted by Gasteiger charge is 2.46. The molecule has 0 aromatic heterocycles. The van der Waals surface area contributed by atoms with Crippen LogP contribution in [0.15, 0.2) is 24.3 Å². The van der Waals surface area contributed by atoms with E-state index < -0.39 is 0 Å². The van der Waals surface area contributed by atoms with Crippen LogP contribution in [0.5, 0.6) is 0 Å². The van der Waals surface area contributed by atoms with E-state index in [1.54, 1.807) is 0 Å². The second-order valence-corrected chi connectivity index (χ2v) is 4.94. The Bertz CT molecular complexity index is 254.